The summed E-state index contributed by atoms with van der Waals surface area (Å²) < 4.78 is 5.57. The Kier molecular flexibility index (Phi) is 5.08. The summed E-state index contributed by atoms with van der Waals surface area (Å²) in [6.07, 6.45) is 1.66. The fourth-order valence-corrected chi connectivity index (χ4v) is 2.70. The van der Waals surface area contributed by atoms with Gasteiger partial charge in [-0.05, 0) is 24.3 Å². The van der Waals surface area contributed by atoms with Crippen LogP contribution in [0.3, 0.4) is 0 Å². The van der Waals surface area contributed by atoms with Gasteiger partial charge < -0.3 is 14.6 Å². The van der Waals surface area contributed by atoms with E-state index in [0.717, 1.165) is 17.0 Å². The number of carbonyl (C=O) groups is 1. The van der Waals surface area contributed by atoms with Gasteiger partial charge in [-0.1, -0.05) is 48.5 Å². The first-order chi connectivity index (χ1) is 11.8. The smallest absolute Gasteiger partial charge is 0.281 e. The van der Waals surface area contributed by atoms with Gasteiger partial charge in [0, 0.05) is 18.3 Å². The number of benzene rings is 2. The SMILES string of the molecule is CN(C(=O)C[NH2+][C@H](c1ccccc1)c1ccco1)c1ccccc1. The second-order valence-electron chi connectivity index (χ2n) is 5.63. The molecule has 3 rings (SSSR count). The summed E-state index contributed by atoms with van der Waals surface area (Å²) in [5.74, 6) is 0.894. The summed E-state index contributed by atoms with van der Waals surface area (Å²) in [7, 11) is 1.80. The zero-order valence-electron chi connectivity index (χ0n) is 13.6. The standard InChI is InChI=1S/C20H20N2O2/c1-22(17-11-6-3-7-12-17)19(23)15-21-20(18-13-8-14-24-18)16-9-4-2-5-10-16/h2-14,20-21H,15H2,1H3/p+1/t20-/m1/s1. The third kappa shape index (κ3) is 3.73. The summed E-state index contributed by atoms with van der Waals surface area (Å²) in [6, 6.07) is 23.5. The van der Waals surface area contributed by atoms with Crippen LogP contribution in [0.15, 0.2) is 83.5 Å². The number of hydrogen-bond acceptors (Lipinski definition) is 2. The quantitative estimate of drug-likeness (QED) is 0.759. The first-order valence-electron chi connectivity index (χ1n) is 7.99. The highest BCUT2D eigenvalue weighted by Crippen LogP contribution is 2.18. The van der Waals surface area contributed by atoms with Gasteiger partial charge in [-0.2, -0.15) is 0 Å². The maximum absolute atomic E-state index is 12.5. The number of nitrogens with zero attached hydrogens (tertiary/aromatic N) is 1. The first-order valence-corrected chi connectivity index (χ1v) is 7.99. The summed E-state index contributed by atoms with van der Waals surface area (Å²) in [5, 5.41) is 2.01. The van der Waals surface area contributed by atoms with Gasteiger partial charge in [0.2, 0.25) is 0 Å². The second-order valence-corrected chi connectivity index (χ2v) is 5.63. The van der Waals surface area contributed by atoms with Crippen LogP contribution in [0.5, 0.6) is 0 Å². The maximum atomic E-state index is 12.5. The Morgan fingerprint density at radius 1 is 1.00 bits per heavy atom. The van der Waals surface area contributed by atoms with E-state index in [9.17, 15) is 4.79 Å². The molecule has 4 heteroatoms. The normalized spacial score (nSPS) is 11.9. The van der Waals surface area contributed by atoms with E-state index in [2.05, 4.69) is 12.1 Å². The summed E-state index contributed by atoms with van der Waals surface area (Å²) in [4.78, 5) is 14.2. The van der Waals surface area contributed by atoms with E-state index >= 15 is 0 Å². The van der Waals surface area contributed by atoms with E-state index in [1.54, 1.807) is 18.2 Å². The number of furan rings is 1. The topological polar surface area (TPSA) is 50.1 Å². The van der Waals surface area contributed by atoms with Gasteiger partial charge in [-0.3, -0.25) is 4.79 Å². The van der Waals surface area contributed by atoms with Crippen molar-refractivity contribution in [2.45, 2.75) is 6.04 Å². The van der Waals surface area contributed by atoms with Crippen molar-refractivity contribution in [3.05, 3.63) is 90.4 Å². The van der Waals surface area contributed by atoms with Gasteiger partial charge in [0.05, 0.1) is 6.26 Å². The van der Waals surface area contributed by atoms with Crippen molar-refractivity contribution in [1.82, 2.24) is 0 Å². The number of carbonyl (C=O) groups excluding carboxylic acids is 1. The Morgan fingerprint density at radius 3 is 2.29 bits per heavy atom. The summed E-state index contributed by atoms with van der Waals surface area (Å²) in [5.41, 5.74) is 2.01. The molecule has 2 aromatic carbocycles. The van der Waals surface area contributed by atoms with Crippen LogP contribution in [0.25, 0.3) is 0 Å². The van der Waals surface area contributed by atoms with E-state index < -0.39 is 0 Å². The molecule has 0 spiro atoms. The predicted octanol–water partition coefficient (Wildman–Crippen LogP) is 2.60. The Balaban J connectivity index is 1.71. The molecule has 1 aromatic heterocycles. The van der Waals surface area contributed by atoms with Crippen molar-refractivity contribution < 1.29 is 14.5 Å². The van der Waals surface area contributed by atoms with Crippen LogP contribution in [0.2, 0.25) is 0 Å². The molecule has 0 saturated heterocycles. The highest BCUT2D eigenvalue weighted by atomic mass is 16.3. The van der Waals surface area contributed by atoms with Crippen LogP contribution >= 0.6 is 0 Å². The molecule has 0 bridgehead atoms. The minimum absolute atomic E-state index is 0.0330. The van der Waals surface area contributed by atoms with Gasteiger partial charge in [-0.25, -0.2) is 0 Å². The number of rotatable bonds is 6. The minimum Gasteiger partial charge on any atom is -0.463 e. The van der Waals surface area contributed by atoms with Crippen LogP contribution in [-0.4, -0.2) is 19.5 Å². The zero-order valence-corrected chi connectivity index (χ0v) is 13.6. The number of quaternary nitrogens is 1. The van der Waals surface area contributed by atoms with Crippen LogP contribution in [0.1, 0.15) is 17.4 Å². The lowest BCUT2D eigenvalue weighted by atomic mass is 10.0. The first kappa shape index (κ1) is 16.0. The van der Waals surface area contributed by atoms with Gasteiger partial charge in [-0.15, -0.1) is 0 Å². The molecular formula is C20H21N2O2+. The molecule has 1 heterocycles. The van der Waals surface area contributed by atoms with E-state index in [4.69, 9.17) is 4.42 Å². The zero-order chi connectivity index (χ0) is 16.8. The molecule has 0 aliphatic carbocycles. The molecule has 0 radical (unpaired) electrons. The number of likely N-dealkylation sites (N-methyl/N-ethyl adjacent to an activating group) is 1. The van der Waals surface area contributed by atoms with Gasteiger partial charge in [0.25, 0.3) is 5.91 Å². The van der Waals surface area contributed by atoms with Gasteiger partial charge in [0.15, 0.2) is 18.3 Å². The molecule has 0 unspecified atom stereocenters. The van der Waals surface area contributed by atoms with Crippen LogP contribution < -0.4 is 10.2 Å². The third-order valence-corrected chi connectivity index (χ3v) is 4.05. The Labute approximate surface area is 141 Å². The fraction of sp³-hybridized carbons (Fsp3) is 0.150. The van der Waals surface area contributed by atoms with E-state index in [0.29, 0.717) is 6.54 Å². The molecule has 0 saturated carbocycles. The molecular weight excluding hydrogens is 300 g/mol. The minimum atomic E-state index is -0.0330. The van der Waals surface area contributed by atoms with Crippen molar-refractivity contribution >= 4 is 11.6 Å². The predicted molar refractivity (Wildman–Crippen MR) is 93.6 cm³/mol. The third-order valence-electron chi connectivity index (χ3n) is 4.05. The van der Waals surface area contributed by atoms with Gasteiger partial charge >= 0.3 is 0 Å². The number of anilines is 1. The number of nitrogens with two attached hydrogens (primary N) is 1. The van der Waals surface area contributed by atoms with Crippen molar-refractivity contribution in [1.29, 1.82) is 0 Å². The number of para-hydroxylation sites is 1. The summed E-state index contributed by atoms with van der Waals surface area (Å²) >= 11 is 0. The summed E-state index contributed by atoms with van der Waals surface area (Å²) in [6.45, 7) is 0.339. The Morgan fingerprint density at radius 2 is 1.67 bits per heavy atom. The molecule has 1 atom stereocenters. The molecule has 122 valence electrons. The molecule has 0 fully saturated rings. The van der Waals surface area contributed by atoms with Crippen molar-refractivity contribution in [2.24, 2.45) is 0 Å². The largest absolute Gasteiger partial charge is 0.463 e. The van der Waals surface area contributed by atoms with E-state index in [1.165, 1.54) is 0 Å². The lowest BCUT2D eigenvalue weighted by molar-refractivity contribution is -0.678. The molecule has 1 amide bonds. The van der Waals surface area contributed by atoms with E-state index in [1.807, 2.05) is 66.0 Å². The molecule has 0 aliphatic rings. The molecule has 0 aliphatic heterocycles. The van der Waals surface area contributed by atoms with E-state index in [-0.39, 0.29) is 11.9 Å². The Bertz CT molecular complexity index is 755. The number of amides is 1. The Hall–Kier alpha value is -2.85. The highest BCUT2D eigenvalue weighted by molar-refractivity contribution is 5.93. The molecule has 3 aromatic rings. The molecule has 4 nitrogen and oxygen atoms in total. The van der Waals surface area contributed by atoms with Crippen LogP contribution in [-0.2, 0) is 4.79 Å². The lowest BCUT2D eigenvalue weighted by Crippen LogP contribution is -2.87. The number of hydrogen-bond donors (Lipinski definition) is 1. The van der Waals surface area contributed by atoms with Crippen LogP contribution in [0, 0.1) is 0 Å². The fourth-order valence-electron chi connectivity index (χ4n) is 2.70. The average molecular weight is 321 g/mol. The monoisotopic (exact) mass is 321 g/mol. The van der Waals surface area contributed by atoms with Crippen molar-refractivity contribution in [3.8, 4) is 0 Å². The molecule has 24 heavy (non-hydrogen) atoms. The van der Waals surface area contributed by atoms with Gasteiger partial charge in [0.1, 0.15) is 0 Å². The maximum Gasteiger partial charge on any atom is 0.281 e. The van der Waals surface area contributed by atoms with Crippen molar-refractivity contribution in [2.75, 3.05) is 18.5 Å². The lowest BCUT2D eigenvalue weighted by Gasteiger charge is -2.18. The average Bonchev–Trinajstić information content (AvgIpc) is 3.17. The highest BCUT2D eigenvalue weighted by Gasteiger charge is 2.22. The van der Waals surface area contributed by atoms with Crippen LogP contribution in [0.4, 0.5) is 5.69 Å². The second kappa shape index (κ2) is 7.62. The molecule has 2 N–H and O–H groups in total. The van der Waals surface area contributed by atoms with Crippen molar-refractivity contribution in [3.63, 3.8) is 0 Å².